The minimum Gasteiger partial charge on any atom is -0.464 e. The third kappa shape index (κ3) is 1.61. The lowest BCUT2D eigenvalue weighted by atomic mass is 10.0. The molecule has 0 fully saturated rings. The number of rotatable bonds is 1. The lowest BCUT2D eigenvalue weighted by molar-refractivity contribution is 0.101. The van der Waals surface area contributed by atoms with Crippen molar-refractivity contribution >= 4 is 27.5 Å². The van der Waals surface area contributed by atoms with E-state index in [1.807, 2.05) is 12.1 Å². The summed E-state index contributed by atoms with van der Waals surface area (Å²) in [6.45, 7) is 1.52. The molecule has 0 N–H and O–H groups in total. The summed E-state index contributed by atoms with van der Waals surface area (Å²) in [6, 6.07) is 10.4. The van der Waals surface area contributed by atoms with Crippen molar-refractivity contribution in [2.75, 3.05) is 0 Å². The Morgan fingerprint density at radius 1 is 1.06 bits per heavy atom. The van der Waals surface area contributed by atoms with E-state index in [0.29, 0.717) is 16.5 Å². The first kappa shape index (κ1) is 10.7. The lowest BCUT2D eigenvalue weighted by Gasteiger charge is -2.02. The van der Waals surface area contributed by atoms with Gasteiger partial charge in [-0.1, -0.05) is 12.1 Å². The number of carbonyl (C=O) groups is 1. The van der Waals surface area contributed by atoms with Crippen LogP contribution in [0.5, 0.6) is 0 Å². The molecule has 0 bridgehead atoms. The van der Waals surface area contributed by atoms with Crippen LogP contribution in [-0.2, 0) is 0 Å². The molecule has 0 unspecified atom stereocenters. The number of ketones is 1. The monoisotopic (exact) mass is 238 g/mol. The lowest BCUT2D eigenvalue weighted by Crippen LogP contribution is -1.98. The van der Waals surface area contributed by atoms with E-state index >= 15 is 0 Å². The fraction of sp³-hybridized carbons (Fsp3) is 0.0667. The maximum atomic E-state index is 11.7. The first-order valence-corrected chi connectivity index (χ1v) is 5.61. The topological polar surface area (TPSA) is 47.3 Å². The Hall–Kier alpha value is -2.42. The fourth-order valence-electron chi connectivity index (χ4n) is 2.04. The van der Waals surface area contributed by atoms with Gasteiger partial charge in [-0.3, -0.25) is 9.59 Å². The van der Waals surface area contributed by atoms with E-state index in [1.54, 1.807) is 18.2 Å². The molecule has 1 heterocycles. The molecule has 0 amide bonds. The Balaban J connectivity index is 2.43. The van der Waals surface area contributed by atoms with Crippen LogP contribution in [0.3, 0.4) is 0 Å². The molecule has 0 aliphatic rings. The molecule has 88 valence electrons. The predicted molar refractivity (Wildman–Crippen MR) is 70.0 cm³/mol. The van der Waals surface area contributed by atoms with Gasteiger partial charge in [-0.2, -0.15) is 0 Å². The Kier molecular flexibility index (Phi) is 2.27. The van der Waals surface area contributed by atoms with Gasteiger partial charge in [0, 0.05) is 11.6 Å². The van der Waals surface area contributed by atoms with Gasteiger partial charge in [0.25, 0.3) is 0 Å². The Labute approximate surface area is 103 Å². The SMILES string of the molecule is CC(=O)c1ccc2cc3occc(=O)c3cc2c1. The smallest absolute Gasteiger partial charge is 0.192 e. The summed E-state index contributed by atoms with van der Waals surface area (Å²) in [6.07, 6.45) is 1.39. The van der Waals surface area contributed by atoms with Crippen LogP contribution in [0.25, 0.3) is 21.7 Å². The zero-order valence-electron chi connectivity index (χ0n) is 9.77. The van der Waals surface area contributed by atoms with Gasteiger partial charge in [0.1, 0.15) is 5.58 Å². The van der Waals surface area contributed by atoms with Gasteiger partial charge in [0.05, 0.1) is 11.6 Å². The summed E-state index contributed by atoms with van der Waals surface area (Å²) in [7, 11) is 0. The van der Waals surface area contributed by atoms with Crippen molar-refractivity contribution in [3.05, 3.63) is 58.4 Å². The number of fused-ring (bicyclic) bond motifs is 2. The minimum absolute atomic E-state index is 0.0112. The maximum absolute atomic E-state index is 11.7. The van der Waals surface area contributed by atoms with Crippen molar-refractivity contribution < 1.29 is 9.21 Å². The Morgan fingerprint density at radius 2 is 1.89 bits per heavy atom. The molecule has 0 aliphatic carbocycles. The highest BCUT2D eigenvalue weighted by molar-refractivity contribution is 6.01. The van der Waals surface area contributed by atoms with Crippen LogP contribution in [0.1, 0.15) is 17.3 Å². The van der Waals surface area contributed by atoms with Crippen molar-refractivity contribution in [1.82, 2.24) is 0 Å². The van der Waals surface area contributed by atoms with Crippen molar-refractivity contribution in [2.45, 2.75) is 6.92 Å². The summed E-state index contributed by atoms with van der Waals surface area (Å²) >= 11 is 0. The van der Waals surface area contributed by atoms with Gasteiger partial charge in [-0.15, -0.1) is 0 Å². The van der Waals surface area contributed by atoms with E-state index in [4.69, 9.17) is 4.42 Å². The molecule has 0 saturated carbocycles. The molecule has 18 heavy (non-hydrogen) atoms. The third-order valence-electron chi connectivity index (χ3n) is 3.03. The quantitative estimate of drug-likeness (QED) is 0.483. The van der Waals surface area contributed by atoms with Gasteiger partial charge < -0.3 is 4.42 Å². The van der Waals surface area contributed by atoms with Crippen molar-refractivity contribution in [1.29, 1.82) is 0 Å². The average molecular weight is 238 g/mol. The molecule has 3 nitrogen and oxygen atoms in total. The second-order valence-electron chi connectivity index (χ2n) is 4.25. The van der Waals surface area contributed by atoms with Gasteiger partial charge >= 0.3 is 0 Å². The summed E-state index contributed by atoms with van der Waals surface area (Å²) in [5.74, 6) is 0.0112. The standard InChI is InChI=1S/C15H10O3/c1-9(16)10-2-3-11-8-15-13(7-12(11)6-10)14(17)4-5-18-15/h2-8H,1H3. The van der Waals surface area contributed by atoms with Crippen LogP contribution in [0.2, 0.25) is 0 Å². The van der Waals surface area contributed by atoms with E-state index < -0.39 is 0 Å². The van der Waals surface area contributed by atoms with Crippen molar-refractivity contribution in [2.24, 2.45) is 0 Å². The predicted octanol–water partition coefficient (Wildman–Crippen LogP) is 3.15. The Morgan fingerprint density at radius 3 is 2.67 bits per heavy atom. The zero-order valence-corrected chi connectivity index (χ0v) is 9.77. The normalized spacial score (nSPS) is 10.9. The number of benzene rings is 2. The molecule has 3 rings (SSSR count). The first-order chi connectivity index (χ1) is 8.65. The summed E-state index contributed by atoms with van der Waals surface area (Å²) < 4.78 is 5.31. The number of carbonyl (C=O) groups excluding carboxylic acids is 1. The van der Waals surface area contributed by atoms with Crippen molar-refractivity contribution in [3.8, 4) is 0 Å². The first-order valence-electron chi connectivity index (χ1n) is 5.61. The third-order valence-corrected chi connectivity index (χ3v) is 3.03. The molecule has 1 aromatic heterocycles. The maximum Gasteiger partial charge on any atom is 0.192 e. The van der Waals surface area contributed by atoms with E-state index in [9.17, 15) is 9.59 Å². The molecular weight excluding hydrogens is 228 g/mol. The van der Waals surface area contributed by atoms with Crippen molar-refractivity contribution in [3.63, 3.8) is 0 Å². The minimum atomic E-state index is -0.0774. The summed E-state index contributed by atoms with van der Waals surface area (Å²) in [4.78, 5) is 23.1. The second-order valence-corrected chi connectivity index (χ2v) is 4.25. The van der Waals surface area contributed by atoms with E-state index in [0.717, 1.165) is 10.8 Å². The summed E-state index contributed by atoms with van der Waals surface area (Å²) in [5, 5.41) is 2.35. The van der Waals surface area contributed by atoms with Crippen LogP contribution < -0.4 is 5.43 Å². The number of hydrogen-bond acceptors (Lipinski definition) is 3. The molecule has 0 spiro atoms. The zero-order chi connectivity index (χ0) is 12.7. The van der Waals surface area contributed by atoms with Crippen LogP contribution in [0, 0.1) is 0 Å². The highest BCUT2D eigenvalue weighted by atomic mass is 16.3. The molecule has 0 saturated heterocycles. The van der Waals surface area contributed by atoms with Gasteiger partial charge in [0.15, 0.2) is 11.2 Å². The van der Waals surface area contributed by atoms with E-state index in [-0.39, 0.29) is 11.2 Å². The highest BCUT2D eigenvalue weighted by Gasteiger charge is 2.05. The molecule has 0 radical (unpaired) electrons. The van der Waals surface area contributed by atoms with Gasteiger partial charge in [0.2, 0.25) is 0 Å². The number of Topliss-reactive ketones (excluding diaryl/α,β-unsaturated/α-hetero) is 1. The highest BCUT2D eigenvalue weighted by Crippen LogP contribution is 2.22. The van der Waals surface area contributed by atoms with Crippen LogP contribution in [-0.4, -0.2) is 5.78 Å². The molecular formula is C15H10O3. The van der Waals surface area contributed by atoms with Crippen LogP contribution >= 0.6 is 0 Å². The fourth-order valence-corrected chi connectivity index (χ4v) is 2.04. The molecule has 3 aromatic rings. The summed E-state index contributed by atoms with van der Waals surface area (Å²) in [5.41, 5.74) is 1.12. The van der Waals surface area contributed by atoms with E-state index in [2.05, 4.69) is 0 Å². The Bertz CT molecular complexity index is 828. The van der Waals surface area contributed by atoms with Gasteiger partial charge in [-0.05, 0) is 35.9 Å². The van der Waals surface area contributed by atoms with Crippen LogP contribution in [0.4, 0.5) is 0 Å². The molecule has 2 aromatic carbocycles. The second kappa shape index (κ2) is 3.81. The molecule has 0 aliphatic heterocycles. The van der Waals surface area contributed by atoms with E-state index in [1.165, 1.54) is 19.3 Å². The van der Waals surface area contributed by atoms with Crippen LogP contribution in [0.15, 0.2) is 51.9 Å². The average Bonchev–Trinajstić information content (AvgIpc) is 2.36. The molecule has 3 heteroatoms. The largest absolute Gasteiger partial charge is 0.464 e. The number of hydrogen-bond donors (Lipinski definition) is 0. The van der Waals surface area contributed by atoms with Gasteiger partial charge in [-0.25, -0.2) is 0 Å². The molecule has 0 atom stereocenters.